The second-order valence-electron chi connectivity index (χ2n) is 3.82. The van der Waals surface area contributed by atoms with E-state index >= 15 is 0 Å². The molecule has 3 N–H and O–H groups in total. The lowest BCUT2D eigenvalue weighted by atomic mass is 10.1. The number of carbonyl (C=O) groups is 1. The Labute approximate surface area is 115 Å². The van der Waals surface area contributed by atoms with E-state index in [1.165, 1.54) is 13.3 Å². The number of pyridine rings is 1. The van der Waals surface area contributed by atoms with Crippen LogP contribution < -0.4 is 15.8 Å². The first-order chi connectivity index (χ1) is 9.08. The minimum absolute atomic E-state index is 0.297. The zero-order valence-corrected chi connectivity index (χ0v) is 10.9. The van der Waals surface area contributed by atoms with Gasteiger partial charge in [0.25, 0.3) is 5.91 Å². The van der Waals surface area contributed by atoms with Gasteiger partial charge in [-0.3, -0.25) is 4.79 Å². The van der Waals surface area contributed by atoms with Crippen molar-refractivity contribution in [1.82, 2.24) is 4.98 Å². The van der Waals surface area contributed by atoms with Crippen LogP contribution in [0.25, 0.3) is 0 Å². The highest BCUT2D eigenvalue weighted by Crippen LogP contribution is 2.19. The minimum atomic E-state index is -0.297. The van der Waals surface area contributed by atoms with Crippen LogP contribution in [0, 0.1) is 0 Å². The summed E-state index contributed by atoms with van der Waals surface area (Å²) in [6.07, 6.45) is 1.48. The number of hydrogen-bond donors (Lipinski definition) is 2. The van der Waals surface area contributed by atoms with Crippen molar-refractivity contribution in [3.63, 3.8) is 0 Å². The molecular formula is C13H12ClN3O2. The van der Waals surface area contributed by atoms with Gasteiger partial charge in [-0.15, -0.1) is 0 Å². The molecule has 6 heteroatoms. The number of benzene rings is 1. The number of rotatable bonds is 3. The van der Waals surface area contributed by atoms with E-state index in [1.807, 2.05) is 0 Å². The first-order valence-electron chi connectivity index (χ1n) is 5.46. The lowest BCUT2D eigenvalue weighted by molar-refractivity contribution is 0.102. The number of halogens is 1. The van der Waals surface area contributed by atoms with Gasteiger partial charge in [0.1, 0.15) is 10.9 Å². The number of hydrogen-bond acceptors (Lipinski definition) is 4. The maximum Gasteiger partial charge on any atom is 0.255 e. The Balaban J connectivity index is 2.20. The van der Waals surface area contributed by atoms with Gasteiger partial charge < -0.3 is 15.8 Å². The highest BCUT2D eigenvalue weighted by atomic mass is 35.5. The summed E-state index contributed by atoms with van der Waals surface area (Å²) < 4.78 is 5.06. The van der Waals surface area contributed by atoms with E-state index in [0.29, 0.717) is 27.8 Å². The normalized spacial score (nSPS) is 10.0. The predicted octanol–water partition coefficient (Wildman–Crippen LogP) is 2.58. The molecule has 19 heavy (non-hydrogen) atoms. The summed E-state index contributed by atoms with van der Waals surface area (Å²) in [5.74, 6) is 0.231. The summed E-state index contributed by atoms with van der Waals surface area (Å²) in [6.45, 7) is 0. The fourth-order valence-corrected chi connectivity index (χ4v) is 1.64. The van der Waals surface area contributed by atoms with Crippen molar-refractivity contribution in [3.05, 3.63) is 47.2 Å². The third-order valence-electron chi connectivity index (χ3n) is 2.41. The molecule has 0 radical (unpaired) electrons. The fraction of sp³-hybridized carbons (Fsp3) is 0.0769. The number of nitrogens with zero attached hydrogens (tertiary/aromatic N) is 1. The molecule has 2 aromatic rings. The quantitative estimate of drug-likeness (QED) is 0.668. The van der Waals surface area contributed by atoms with Gasteiger partial charge in [-0.25, -0.2) is 4.98 Å². The summed E-state index contributed by atoms with van der Waals surface area (Å²) in [5, 5.41) is 3.06. The number of amides is 1. The number of nitrogens with two attached hydrogens (primary N) is 1. The zero-order chi connectivity index (χ0) is 13.8. The average molecular weight is 278 g/mol. The SMILES string of the molecule is COc1cc(N)cc(C(=O)Nc2ccc(Cl)nc2)c1. The predicted molar refractivity (Wildman–Crippen MR) is 74.6 cm³/mol. The van der Waals surface area contributed by atoms with E-state index in [1.54, 1.807) is 30.3 Å². The Bertz CT molecular complexity index is 599. The monoisotopic (exact) mass is 277 g/mol. The first-order valence-corrected chi connectivity index (χ1v) is 5.84. The smallest absolute Gasteiger partial charge is 0.255 e. The van der Waals surface area contributed by atoms with Gasteiger partial charge in [0.2, 0.25) is 0 Å². The van der Waals surface area contributed by atoms with Crippen molar-refractivity contribution in [2.75, 3.05) is 18.2 Å². The van der Waals surface area contributed by atoms with E-state index in [9.17, 15) is 4.79 Å². The highest BCUT2D eigenvalue weighted by Gasteiger charge is 2.09. The number of ether oxygens (including phenoxy) is 1. The lowest BCUT2D eigenvalue weighted by Gasteiger charge is -2.07. The Morgan fingerprint density at radius 1 is 1.37 bits per heavy atom. The van der Waals surface area contributed by atoms with Gasteiger partial charge in [-0.1, -0.05) is 11.6 Å². The standard InChI is InChI=1S/C13H12ClN3O2/c1-19-11-5-8(4-9(15)6-11)13(18)17-10-2-3-12(14)16-7-10/h2-7H,15H2,1H3,(H,17,18). The Morgan fingerprint density at radius 3 is 2.79 bits per heavy atom. The van der Waals surface area contributed by atoms with Gasteiger partial charge in [-0.2, -0.15) is 0 Å². The van der Waals surface area contributed by atoms with Crippen LogP contribution in [0.15, 0.2) is 36.5 Å². The molecule has 2 rings (SSSR count). The third-order valence-corrected chi connectivity index (χ3v) is 2.64. The molecule has 0 unspecified atom stereocenters. The van der Waals surface area contributed by atoms with Gasteiger partial charge >= 0.3 is 0 Å². The number of nitrogens with one attached hydrogen (secondary N) is 1. The van der Waals surface area contributed by atoms with Crippen molar-refractivity contribution in [3.8, 4) is 5.75 Å². The van der Waals surface area contributed by atoms with Crippen LogP contribution in [0.3, 0.4) is 0 Å². The number of aromatic nitrogens is 1. The van der Waals surface area contributed by atoms with Gasteiger partial charge in [0.05, 0.1) is 19.0 Å². The van der Waals surface area contributed by atoms with Crippen LogP contribution in [0.4, 0.5) is 11.4 Å². The average Bonchev–Trinajstić information content (AvgIpc) is 2.40. The first kappa shape index (κ1) is 13.2. The molecule has 98 valence electrons. The van der Waals surface area contributed by atoms with Crippen molar-refractivity contribution >= 4 is 28.9 Å². The van der Waals surface area contributed by atoms with E-state index in [4.69, 9.17) is 22.1 Å². The Kier molecular flexibility index (Phi) is 3.87. The summed E-state index contributed by atoms with van der Waals surface area (Å²) in [4.78, 5) is 15.9. The largest absolute Gasteiger partial charge is 0.497 e. The topological polar surface area (TPSA) is 77.2 Å². The molecule has 0 saturated heterocycles. The van der Waals surface area contributed by atoms with Crippen molar-refractivity contribution in [1.29, 1.82) is 0 Å². The van der Waals surface area contributed by atoms with Crippen molar-refractivity contribution in [2.24, 2.45) is 0 Å². The Morgan fingerprint density at radius 2 is 2.16 bits per heavy atom. The molecule has 1 aromatic carbocycles. The molecule has 1 heterocycles. The molecule has 0 saturated carbocycles. The zero-order valence-electron chi connectivity index (χ0n) is 10.2. The van der Waals surface area contributed by atoms with E-state index in [-0.39, 0.29) is 5.91 Å². The number of nitrogen functional groups attached to an aromatic ring is 1. The fourth-order valence-electron chi connectivity index (χ4n) is 1.52. The molecule has 0 aliphatic rings. The summed E-state index contributed by atoms with van der Waals surface area (Å²) in [5.41, 5.74) is 7.11. The molecule has 0 fully saturated rings. The molecule has 1 aromatic heterocycles. The molecule has 0 spiro atoms. The van der Waals surface area contributed by atoms with Gasteiger partial charge in [-0.05, 0) is 24.3 Å². The number of methoxy groups -OCH3 is 1. The molecule has 0 atom stereocenters. The van der Waals surface area contributed by atoms with Crippen LogP contribution in [0.1, 0.15) is 10.4 Å². The second kappa shape index (κ2) is 5.58. The molecule has 1 amide bonds. The number of anilines is 2. The lowest BCUT2D eigenvalue weighted by Crippen LogP contribution is -2.12. The maximum atomic E-state index is 12.0. The molecule has 0 aliphatic heterocycles. The highest BCUT2D eigenvalue weighted by molar-refractivity contribution is 6.29. The summed E-state index contributed by atoms with van der Waals surface area (Å²) in [7, 11) is 1.51. The van der Waals surface area contributed by atoms with E-state index in [0.717, 1.165) is 0 Å². The molecule has 0 bridgehead atoms. The van der Waals surface area contributed by atoms with Crippen LogP contribution >= 0.6 is 11.6 Å². The van der Waals surface area contributed by atoms with Crippen LogP contribution in [0.5, 0.6) is 5.75 Å². The van der Waals surface area contributed by atoms with Gasteiger partial charge in [0.15, 0.2) is 0 Å². The summed E-state index contributed by atoms with van der Waals surface area (Å²) in [6, 6.07) is 8.07. The van der Waals surface area contributed by atoms with E-state index < -0.39 is 0 Å². The number of carbonyl (C=O) groups excluding carboxylic acids is 1. The Hall–Kier alpha value is -2.27. The van der Waals surface area contributed by atoms with Crippen molar-refractivity contribution in [2.45, 2.75) is 0 Å². The van der Waals surface area contributed by atoms with Crippen LogP contribution in [-0.2, 0) is 0 Å². The molecule has 0 aliphatic carbocycles. The molecular weight excluding hydrogens is 266 g/mol. The minimum Gasteiger partial charge on any atom is -0.497 e. The van der Waals surface area contributed by atoms with Crippen molar-refractivity contribution < 1.29 is 9.53 Å². The van der Waals surface area contributed by atoms with Crippen LogP contribution in [-0.4, -0.2) is 18.0 Å². The summed E-state index contributed by atoms with van der Waals surface area (Å²) >= 11 is 5.67. The third kappa shape index (κ3) is 3.35. The van der Waals surface area contributed by atoms with E-state index in [2.05, 4.69) is 10.3 Å². The van der Waals surface area contributed by atoms with Crippen LogP contribution in [0.2, 0.25) is 5.15 Å². The maximum absolute atomic E-state index is 12.0. The molecule has 5 nitrogen and oxygen atoms in total. The van der Waals surface area contributed by atoms with Gasteiger partial charge in [0, 0.05) is 17.3 Å². The second-order valence-corrected chi connectivity index (χ2v) is 4.21.